The molecule has 3 amide bonds. The molecule has 0 saturated carbocycles. The van der Waals surface area contributed by atoms with E-state index >= 15 is 0 Å². The molecule has 0 aromatic carbocycles. The Bertz CT molecular complexity index is 856. The van der Waals surface area contributed by atoms with E-state index in [9.17, 15) is 14.4 Å². The highest BCUT2D eigenvalue weighted by atomic mass is 32.1. The van der Waals surface area contributed by atoms with Crippen LogP contribution in [0.1, 0.15) is 29.2 Å². The second-order valence-corrected chi connectivity index (χ2v) is 8.78. The third kappa shape index (κ3) is 5.87. The van der Waals surface area contributed by atoms with Gasteiger partial charge in [0.15, 0.2) is 5.13 Å². The number of hydrogen-bond acceptors (Lipinski definition) is 7. The van der Waals surface area contributed by atoms with Crippen LogP contribution in [-0.2, 0) is 16.0 Å². The summed E-state index contributed by atoms with van der Waals surface area (Å²) in [5.74, 6) is -0.0295. The largest absolute Gasteiger partial charge is 0.342 e. The molecule has 3 rings (SSSR count). The van der Waals surface area contributed by atoms with E-state index in [1.807, 2.05) is 35.1 Å². The van der Waals surface area contributed by atoms with Crippen molar-refractivity contribution in [1.29, 1.82) is 0 Å². The number of rotatable bonds is 8. The zero-order valence-corrected chi connectivity index (χ0v) is 18.9. The van der Waals surface area contributed by atoms with E-state index in [2.05, 4.69) is 15.2 Å². The topological polar surface area (TPSA) is 85.9 Å². The summed E-state index contributed by atoms with van der Waals surface area (Å²) < 4.78 is 0. The Morgan fingerprint density at radius 3 is 2.50 bits per heavy atom. The lowest BCUT2D eigenvalue weighted by atomic mass is 10.2. The van der Waals surface area contributed by atoms with Crippen molar-refractivity contribution >= 4 is 45.5 Å². The van der Waals surface area contributed by atoms with Gasteiger partial charge < -0.3 is 9.80 Å². The number of anilines is 1. The van der Waals surface area contributed by atoms with Crippen LogP contribution in [0.5, 0.6) is 0 Å². The average molecular weight is 450 g/mol. The zero-order valence-electron chi connectivity index (χ0n) is 17.3. The van der Waals surface area contributed by atoms with Crippen molar-refractivity contribution in [2.24, 2.45) is 0 Å². The van der Waals surface area contributed by atoms with Gasteiger partial charge in [-0.15, -0.1) is 22.7 Å². The Labute approximate surface area is 184 Å². The molecule has 30 heavy (non-hydrogen) atoms. The maximum atomic E-state index is 12.6. The van der Waals surface area contributed by atoms with Crippen LogP contribution in [0.15, 0.2) is 22.9 Å². The van der Waals surface area contributed by atoms with E-state index in [-0.39, 0.29) is 24.1 Å². The van der Waals surface area contributed by atoms with Crippen LogP contribution >= 0.6 is 22.7 Å². The molecule has 0 atom stereocenters. The van der Waals surface area contributed by atoms with E-state index in [1.54, 1.807) is 11.4 Å². The number of carbonyl (C=O) groups is 3. The summed E-state index contributed by atoms with van der Waals surface area (Å²) in [4.78, 5) is 47.7. The number of nitrogens with zero attached hydrogens (tertiary/aromatic N) is 4. The second kappa shape index (κ2) is 10.6. The van der Waals surface area contributed by atoms with Crippen molar-refractivity contribution in [3.05, 3.63) is 33.5 Å². The monoisotopic (exact) mass is 449 g/mol. The van der Waals surface area contributed by atoms with E-state index in [0.29, 0.717) is 48.4 Å². The molecule has 0 bridgehead atoms. The zero-order chi connectivity index (χ0) is 21.5. The third-order valence-corrected chi connectivity index (χ3v) is 6.72. The molecule has 1 saturated heterocycles. The van der Waals surface area contributed by atoms with Gasteiger partial charge in [0.05, 0.1) is 23.5 Å². The van der Waals surface area contributed by atoms with Crippen LogP contribution in [0.2, 0.25) is 0 Å². The first-order valence-electron chi connectivity index (χ1n) is 10.1. The standard InChI is InChI=1S/C20H27N5O3S2/c1-3-24(4-2)18(27)13-23-7-9-25(10-8-23)17(26)12-15-14-30-20(21-15)22-19(28)16-6-5-11-29-16/h5-6,11,14H,3-4,7-10,12-13H2,1-2H3,(H,21,22,28). The molecule has 1 fully saturated rings. The maximum Gasteiger partial charge on any atom is 0.267 e. The number of thiazole rings is 1. The molecule has 0 radical (unpaired) electrons. The molecule has 0 unspecified atom stereocenters. The van der Waals surface area contributed by atoms with Gasteiger partial charge in [0.2, 0.25) is 11.8 Å². The molecule has 2 aromatic rings. The molecular weight excluding hydrogens is 422 g/mol. The Morgan fingerprint density at radius 2 is 1.87 bits per heavy atom. The molecule has 2 aromatic heterocycles. The summed E-state index contributed by atoms with van der Waals surface area (Å²) in [6.45, 7) is 8.41. The van der Waals surface area contributed by atoms with Gasteiger partial charge in [0, 0.05) is 44.6 Å². The van der Waals surface area contributed by atoms with Gasteiger partial charge in [-0.25, -0.2) is 4.98 Å². The molecule has 1 N–H and O–H groups in total. The summed E-state index contributed by atoms with van der Waals surface area (Å²) in [6, 6.07) is 3.58. The van der Waals surface area contributed by atoms with E-state index < -0.39 is 0 Å². The smallest absolute Gasteiger partial charge is 0.267 e. The van der Waals surface area contributed by atoms with Gasteiger partial charge >= 0.3 is 0 Å². The van der Waals surface area contributed by atoms with Crippen LogP contribution in [0.4, 0.5) is 5.13 Å². The summed E-state index contributed by atoms with van der Waals surface area (Å²) in [5.41, 5.74) is 0.658. The fourth-order valence-electron chi connectivity index (χ4n) is 3.30. The molecule has 0 spiro atoms. The fourth-order valence-corrected chi connectivity index (χ4v) is 4.63. The van der Waals surface area contributed by atoms with Crippen molar-refractivity contribution in [2.75, 3.05) is 51.1 Å². The predicted octanol–water partition coefficient (Wildman–Crippen LogP) is 2.01. The van der Waals surface area contributed by atoms with Gasteiger partial charge in [-0.2, -0.15) is 0 Å². The number of hydrogen-bond donors (Lipinski definition) is 1. The number of thiophene rings is 1. The van der Waals surface area contributed by atoms with E-state index in [1.165, 1.54) is 22.7 Å². The van der Waals surface area contributed by atoms with Crippen LogP contribution in [0.3, 0.4) is 0 Å². The Hall–Kier alpha value is -2.30. The molecule has 1 aliphatic heterocycles. The summed E-state index contributed by atoms with van der Waals surface area (Å²) >= 11 is 2.69. The van der Waals surface area contributed by atoms with Crippen molar-refractivity contribution in [3.63, 3.8) is 0 Å². The molecule has 1 aliphatic rings. The number of nitrogens with one attached hydrogen (secondary N) is 1. The van der Waals surface area contributed by atoms with Crippen LogP contribution in [-0.4, -0.2) is 83.2 Å². The van der Waals surface area contributed by atoms with E-state index in [4.69, 9.17) is 0 Å². The Morgan fingerprint density at radius 1 is 1.13 bits per heavy atom. The van der Waals surface area contributed by atoms with Crippen LogP contribution in [0.25, 0.3) is 0 Å². The van der Waals surface area contributed by atoms with Gasteiger partial charge in [-0.05, 0) is 25.3 Å². The van der Waals surface area contributed by atoms with E-state index in [0.717, 1.165) is 13.1 Å². The first-order valence-corrected chi connectivity index (χ1v) is 11.8. The van der Waals surface area contributed by atoms with Gasteiger partial charge in [0.1, 0.15) is 0 Å². The highest BCUT2D eigenvalue weighted by Crippen LogP contribution is 2.19. The third-order valence-electron chi connectivity index (χ3n) is 5.05. The normalized spacial score (nSPS) is 14.5. The number of aromatic nitrogens is 1. The number of likely N-dealkylation sites (N-methyl/N-ethyl adjacent to an activating group) is 1. The molecule has 162 valence electrons. The van der Waals surface area contributed by atoms with Crippen molar-refractivity contribution in [3.8, 4) is 0 Å². The highest BCUT2D eigenvalue weighted by molar-refractivity contribution is 7.14. The minimum atomic E-state index is -0.187. The van der Waals surface area contributed by atoms with Gasteiger partial charge in [-0.3, -0.25) is 24.6 Å². The molecule has 0 aliphatic carbocycles. The van der Waals surface area contributed by atoms with Crippen molar-refractivity contribution in [2.45, 2.75) is 20.3 Å². The maximum absolute atomic E-state index is 12.6. The summed E-state index contributed by atoms with van der Waals surface area (Å²) in [6.07, 6.45) is 0.212. The second-order valence-electron chi connectivity index (χ2n) is 6.98. The lowest BCUT2D eigenvalue weighted by Crippen LogP contribution is -2.51. The van der Waals surface area contributed by atoms with Crippen LogP contribution in [0, 0.1) is 0 Å². The number of carbonyl (C=O) groups excluding carboxylic acids is 3. The Balaban J connectivity index is 1.44. The molecule has 3 heterocycles. The minimum absolute atomic E-state index is 0.0196. The average Bonchev–Trinajstić information content (AvgIpc) is 3.42. The van der Waals surface area contributed by atoms with Gasteiger partial charge in [-0.1, -0.05) is 6.07 Å². The molecular formula is C20H27N5O3S2. The first-order chi connectivity index (χ1) is 14.5. The first kappa shape index (κ1) is 22.4. The SMILES string of the molecule is CCN(CC)C(=O)CN1CCN(C(=O)Cc2csc(NC(=O)c3cccs3)n2)CC1. The lowest BCUT2D eigenvalue weighted by molar-refractivity contribution is -0.134. The highest BCUT2D eigenvalue weighted by Gasteiger charge is 2.24. The van der Waals surface area contributed by atoms with Crippen molar-refractivity contribution < 1.29 is 14.4 Å². The number of piperazine rings is 1. The van der Waals surface area contributed by atoms with Crippen molar-refractivity contribution in [1.82, 2.24) is 19.7 Å². The fraction of sp³-hybridized carbons (Fsp3) is 0.500. The number of amides is 3. The van der Waals surface area contributed by atoms with Crippen LogP contribution < -0.4 is 5.32 Å². The lowest BCUT2D eigenvalue weighted by Gasteiger charge is -2.35. The molecule has 10 heteroatoms. The minimum Gasteiger partial charge on any atom is -0.342 e. The summed E-state index contributed by atoms with van der Waals surface area (Å²) in [7, 11) is 0. The molecule has 8 nitrogen and oxygen atoms in total. The Kier molecular flexibility index (Phi) is 7.94. The summed E-state index contributed by atoms with van der Waals surface area (Å²) in [5, 5.41) is 6.92. The van der Waals surface area contributed by atoms with Gasteiger partial charge in [0.25, 0.3) is 5.91 Å². The quantitative estimate of drug-likeness (QED) is 0.666. The predicted molar refractivity (Wildman–Crippen MR) is 119 cm³/mol.